The lowest BCUT2D eigenvalue weighted by Crippen LogP contribution is -2.36. The standard InChI is InChI=1S/C17H17BrFNO5S/c1-3-25-17(21)11-20(13-6-4-5-12(18)9-13)26(22,23)14-7-8-16(24-2)15(19)10-14/h4-10H,3,11H2,1-2H3. The molecule has 0 aliphatic heterocycles. The predicted octanol–water partition coefficient (Wildman–Crippen LogP) is 3.36. The molecule has 0 aliphatic rings. The Morgan fingerprint density at radius 1 is 1.23 bits per heavy atom. The normalized spacial score (nSPS) is 11.1. The average molecular weight is 446 g/mol. The summed E-state index contributed by atoms with van der Waals surface area (Å²) in [5.41, 5.74) is 0.239. The van der Waals surface area contributed by atoms with Gasteiger partial charge in [0.2, 0.25) is 0 Å². The van der Waals surface area contributed by atoms with Crippen molar-refractivity contribution >= 4 is 37.6 Å². The molecule has 0 spiro atoms. The van der Waals surface area contributed by atoms with Gasteiger partial charge in [0.15, 0.2) is 11.6 Å². The largest absolute Gasteiger partial charge is 0.494 e. The molecule has 2 aromatic rings. The van der Waals surface area contributed by atoms with Crippen LogP contribution in [-0.4, -0.2) is 34.6 Å². The highest BCUT2D eigenvalue weighted by Gasteiger charge is 2.28. The van der Waals surface area contributed by atoms with Crippen LogP contribution >= 0.6 is 15.9 Å². The quantitative estimate of drug-likeness (QED) is 0.610. The Bertz CT molecular complexity index is 904. The number of methoxy groups -OCH3 is 1. The number of sulfonamides is 1. The van der Waals surface area contributed by atoms with E-state index in [4.69, 9.17) is 9.47 Å². The van der Waals surface area contributed by atoms with Gasteiger partial charge in [0.1, 0.15) is 6.54 Å². The second kappa shape index (κ2) is 8.50. The molecule has 0 radical (unpaired) electrons. The zero-order valence-corrected chi connectivity index (χ0v) is 16.5. The fourth-order valence-electron chi connectivity index (χ4n) is 2.20. The summed E-state index contributed by atoms with van der Waals surface area (Å²) in [6, 6.07) is 9.69. The number of benzene rings is 2. The average Bonchev–Trinajstić information content (AvgIpc) is 2.59. The van der Waals surface area contributed by atoms with Crippen molar-refractivity contribution in [3.63, 3.8) is 0 Å². The summed E-state index contributed by atoms with van der Waals surface area (Å²) in [5, 5.41) is 0. The zero-order valence-electron chi connectivity index (χ0n) is 14.1. The van der Waals surface area contributed by atoms with E-state index in [-0.39, 0.29) is 22.9 Å². The lowest BCUT2D eigenvalue weighted by atomic mass is 10.3. The molecular weight excluding hydrogens is 429 g/mol. The molecule has 26 heavy (non-hydrogen) atoms. The van der Waals surface area contributed by atoms with E-state index in [2.05, 4.69) is 15.9 Å². The lowest BCUT2D eigenvalue weighted by Gasteiger charge is -2.24. The van der Waals surface area contributed by atoms with Crippen LogP contribution in [-0.2, 0) is 19.6 Å². The van der Waals surface area contributed by atoms with Gasteiger partial charge in [-0.2, -0.15) is 0 Å². The van der Waals surface area contributed by atoms with Gasteiger partial charge >= 0.3 is 5.97 Å². The maximum Gasteiger partial charge on any atom is 0.326 e. The maximum atomic E-state index is 14.0. The Balaban J connectivity index is 2.52. The molecule has 0 aromatic heterocycles. The summed E-state index contributed by atoms with van der Waals surface area (Å²) in [5.74, 6) is -1.62. The first-order chi connectivity index (χ1) is 12.3. The fourth-order valence-corrected chi connectivity index (χ4v) is 4.01. The van der Waals surface area contributed by atoms with E-state index >= 15 is 0 Å². The van der Waals surface area contributed by atoms with Crippen LogP contribution in [0.2, 0.25) is 0 Å². The van der Waals surface area contributed by atoms with Gasteiger partial charge < -0.3 is 9.47 Å². The number of esters is 1. The van der Waals surface area contributed by atoms with Crippen LogP contribution in [0.4, 0.5) is 10.1 Å². The number of hydrogen-bond acceptors (Lipinski definition) is 5. The molecule has 6 nitrogen and oxygen atoms in total. The summed E-state index contributed by atoms with van der Waals surface area (Å²) in [7, 11) is -2.94. The Morgan fingerprint density at radius 2 is 1.96 bits per heavy atom. The van der Waals surface area contributed by atoms with Crippen molar-refractivity contribution < 1.29 is 27.1 Å². The molecule has 0 aliphatic carbocycles. The predicted molar refractivity (Wildman–Crippen MR) is 98.3 cm³/mol. The Hall–Kier alpha value is -2.13. The highest BCUT2D eigenvalue weighted by molar-refractivity contribution is 9.10. The van der Waals surface area contributed by atoms with Gasteiger partial charge in [0, 0.05) is 4.47 Å². The Morgan fingerprint density at radius 3 is 2.54 bits per heavy atom. The molecule has 0 heterocycles. The van der Waals surface area contributed by atoms with Gasteiger partial charge in [-0.25, -0.2) is 12.8 Å². The van der Waals surface area contributed by atoms with Crippen molar-refractivity contribution in [2.45, 2.75) is 11.8 Å². The van der Waals surface area contributed by atoms with E-state index in [1.165, 1.54) is 31.4 Å². The Kier molecular flexibility index (Phi) is 6.60. The molecular formula is C17H17BrFNO5S. The topological polar surface area (TPSA) is 72.9 Å². The molecule has 140 valence electrons. The summed E-state index contributed by atoms with van der Waals surface area (Å²) >= 11 is 3.27. The fraction of sp³-hybridized carbons (Fsp3) is 0.235. The van der Waals surface area contributed by atoms with E-state index in [0.29, 0.717) is 4.47 Å². The molecule has 0 saturated carbocycles. The third-order valence-corrected chi connectivity index (χ3v) is 5.65. The first kappa shape index (κ1) is 20.2. The smallest absolute Gasteiger partial charge is 0.326 e. The molecule has 0 unspecified atom stereocenters. The SMILES string of the molecule is CCOC(=O)CN(c1cccc(Br)c1)S(=O)(=O)c1ccc(OC)c(F)c1. The van der Waals surface area contributed by atoms with Gasteiger partial charge in [-0.1, -0.05) is 22.0 Å². The number of carbonyl (C=O) groups is 1. The second-order valence-corrected chi connectivity index (χ2v) is 7.87. The van der Waals surface area contributed by atoms with Crippen molar-refractivity contribution in [2.75, 3.05) is 24.6 Å². The van der Waals surface area contributed by atoms with E-state index < -0.39 is 28.4 Å². The number of anilines is 1. The highest BCUT2D eigenvalue weighted by Crippen LogP contribution is 2.28. The molecule has 0 N–H and O–H groups in total. The van der Waals surface area contributed by atoms with Crippen LogP contribution in [0.15, 0.2) is 51.8 Å². The van der Waals surface area contributed by atoms with Crippen molar-refractivity contribution in [1.29, 1.82) is 0 Å². The minimum atomic E-state index is -4.22. The number of nitrogens with zero attached hydrogens (tertiary/aromatic N) is 1. The summed E-state index contributed by atoms with van der Waals surface area (Å²) < 4.78 is 51.2. The van der Waals surface area contributed by atoms with Crippen LogP contribution in [0.5, 0.6) is 5.75 Å². The molecule has 0 bridgehead atoms. The first-order valence-corrected chi connectivity index (χ1v) is 9.80. The molecule has 2 rings (SSSR count). The van der Waals surface area contributed by atoms with Crippen molar-refractivity contribution in [2.24, 2.45) is 0 Å². The van der Waals surface area contributed by atoms with Gasteiger partial charge in [-0.3, -0.25) is 9.10 Å². The van der Waals surface area contributed by atoms with Gasteiger partial charge in [-0.15, -0.1) is 0 Å². The molecule has 9 heteroatoms. The third-order valence-electron chi connectivity index (χ3n) is 3.39. The van der Waals surface area contributed by atoms with Gasteiger partial charge in [0.05, 0.1) is 24.3 Å². The number of ether oxygens (including phenoxy) is 2. The second-order valence-electron chi connectivity index (χ2n) is 5.09. The molecule has 0 amide bonds. The number of rotatable bonds is 7. The zero-order chi connectivity index (χ0) is 19.3. The lowest BCUT2D eigenvalue weighted by molar-refractivity contribution is -0.141. The van der Waals surface area contributed by atoms with Crippen molar-refractivity contribution in [3.8, 4) is 5.75 Å². The summed E-state index contributed by atoms with van der Waals surface area (Å²) in [6.07, 6.45) is 0. The van der Waals surface area contributed by atoms with Crippen molar-refractivity contribution in [1.82, 2.24) is 0 Å². The minimum Gasteiger partial charge on any atom is -0.494 e. The van der Waals surface area contributed by atoms with E-state index in [0.717, 1.165) is 10.4 Å². The molecule has 2 aromatic carbocycles. The highest BCUT2D eigenvalue weighted by atomic mass is 79.9. The van der Waals surface area contributed by atoms with Crippen molar-refractivity contribution in [3.05, 3.63) is 52.8 Å². The monoisotopic (exact) mass is 445 g/mol. The maximum absolute atomic E-state index is 14.0. The third kappa shape index (κ3) is 4.53. The van der Waals surface area contributed by atoms with Crippen LogP contribution in [0.1, 0.15) is 6.92 Å². The Labute approximate surface area is 159 Å². The van der Waals surface area contributed by atoms with E-state index in [9.17, 15) is 17.6 Å². The number of hydrogen-bond donors (Lipinski definition) is 0. The van der Waals surface area contributed by atoms with Crippen LogP contribution in [0.25, 0.3) is 0 Å². The van der Waals surface area contributed by atoms with Crippen LogP contribution in [0, 0.1) is 5.82 Å². The van der Waals surface area contributed by atoms with E-state index in [1.54, 1.807) is 19.1 Å². The summed E-state index contributed by atoms with van der Waals surface area (Å²) in [4.78, 5) is 11.6. The minimum absolute atomic E-state index is 0.0802. The molecule has 0 fully saturated rings. The van der Waals surface area contributed by atoms with Crippen LogP contribution in [0.3, 0.4) is 0 Å². The van der Waals surface area contributed by atoms with E-state index in [1.807, 2.05) is 0 Å². The molecule has 0 saturated heterocycles. The molecule has 0 atom stereocenters. The van der Waals surface area contributed by atoms with Crippen LogP contribution < -0.4 is 9.04 Å². The number of carbonyl (C=O) groups excluding carboxylic acids is 1. The first-order valence-electron chi connectivity index (χ1n) is 7.57. The number of halogens is 2. The van der Waals surface area contributed by atoms with Gasteiger partial charge in [-0.05, 0) is 43.3 Å². The summed E-state index contributed by atoms with van der Waals surface area (Å²) in [6.45, 7) is 1.19. The van der Waals surface area contributed by atoms with Gasteiger partial charge in [0.25, 0.3) is 10.0 Å².